The lowest BCUT2D eigenvalue weighted by atomic mass is 10.0. The third-order valence-electron chi connectivity index (χ3n) is 7.40. The van der Waals surface area contributed by atoms with Gasteiger partial charge in [-0.05, 0) is 57.8 Å². The molecule has 0 fully saturated rings. The number of nitrogens with one attached hydrogen (secondary N) is 1. The summed E-state index contributed by atoms with van der Waals surface area (Å²) in [6.45, 7) is 4.13. The summed E-state index contributed by atoms with van der Waals surface area (Å²) in [5.74, 6) is -0.335. The fourth-order valence-corrected chi connectivity index (χ4v) is 4.76. The van der Waals surface area contributed by atoms with E-state index in [-0.39, 0.29) is 18.9 Å². The monoisotopic (exact) mass is 563 g/mol. The van der Waals surface area contributed by atoms with E-state index in [2.05, 4.69) is 43.5 Å². The molecule has 1 amide bonds. The van der Waals surface area contributed by atoms with Gasteiger partial charge in [0.05, 0.1) is 31.3 Å². The van der Waals surface area contributed by atoms with Crippen molar-refractivity contribution < 1.29 is 20.1 Å². The normalized spacial score (nSPS) is 14.4. The zero-order valence-corrected chi connectivity index (χ0v) is 26.2. The lowest BCUT2D eigenvalue weighted by Crippen LogP contribution is -2.45. The maximum Gasteiger partial charge on any atom is 0.222 e. The van der Waals surface area contributed by atoms with Crippen LogP contribution in [-0.2, 0) is 4.79 Å². The highest BCUT2D eigenvalue weighted by molar-refractivity contribution is 5.76. The van der Waals surface area contributed by atoms with Crippen LogP contribution in [-0.4, -0.2) is 46.1 Å². The van der Waals surface area contributed by atoms with Crippen LogP contribution in [0.3, 0.4) is 0 Å². The van der Waals surface area contributed by atoms with E-state index in [4.69, 9.17) is 0 Å². The van der Waals surface area contributed by atoms with Crippen molar-refractivity contribution in [1.29, 1.82) is 0 Å². The molecule has 0 aliphatic rings. The largest absolute Gasteiger partial charge is 0.394 e. The Bertz CT molecular complexity index is 631. The summed E-state index contributed by atoms with van der Waals surface area (Å²) in [7, 11) is 0. The topological polar surface area (TPSA) is 89.8 Å². The smallest absolute Gasteiger partial charge is 0.222 e. The summed E-state index contributed by atoms with van der Waals surface area (Å²) >= 11 is 0. The Hall–Kier alpha value is -1.43. The van der Waals surface area contributed by atoms with Crippen molar-refractivity contribution in [2.45, 2.75) is 173 Å². The summed E-state index contributed by atoms with van der Waals surface area (Å²) < 4.78 is 0. The van der Waals surface area contributed by atoms with Crippen LogP contribution in [0.2, 0.25) is 0 Å². The number of hydrogen-bond donors (Lipinski definition) is 4. The molecule has 0 bridgehead atoms. The second-order valence-electron chi connectivity index (χ2n) is 11.4. The van der Waals surface area contributed by atoms with Crippen molar-refractivity contribution in [3.05, 3.63) is 36.5 Å². The molecule has 0 aromatic rings. The number of hydrogen-bond acceptors (Lipinski definition) is 4. The second kappa shape index (κ2) is 30.5. The minimum absolute atomic E-state index is 0.000611. The van der Waals surface area contributed by atoms with Gasteiger partial charge in [0.15, 0.2) is 0 Å². The number of rotatable bonds is 29. The van der Waals surface area contributed by atoms with Crippen molar-refractivity contribution in [3.8, 4) is 0 Å². The first kappa shape index (κ1) is 38.6. The second-order valence-corrected chi connectivity index (χ2v) is 11.4. The highest BCUT2D eigenvalue weighted by Crippen LogP contribution is 2.12. The summed E-state index contributed by atoms with van der Waals surface area (Å²) in [6.07, 6.45) is 35.5. The molecule has 40 heavy (non-hydrogen) atoms. The van der Waals surface area contributed by atoms with Crippen LogP contribution in [0, 0.1) is 0 Å². The van der Waals surface area contributed by atoms with Crippen LogP contribution in [0.25, 0.3) is 0 Å². The van der Waals surface area contributed by atoms with Gasteiger partial charge < -0.3 is 20.6 Å². The number of aliphatic hydroxyl groups excluding tert-OH is 3. The zero-order chi connectivity index (χ0) is 29.5. The Morgan fingerprint density at radius 3 is 1.62 bits per heavy atom. The van der Waals surface area contributed by atoms with Crippen LogP contribution in [0.5, 0.6) is 0 Å². The third-order valence-corrected chi connectivity index (χ3v) is 7.40. The van der Waals surface area contributed by atoms with Crippen molar-refractivity contribution in [2.75, 3.05) is 6.61 Å². The van der Waals surface area contributed by atoms with E-state index >= 15 is 0 Å². The van der Waals surface area contributed by atoms with E-state index < -0.39 is 18.2 Å². The van der Waals surface area contributed by atoms with Crippen LogP contribution in [0.15, 0.2) is 36.5 Å². The van der Waals surface area contributed by atoms with E-state index in [0.29, 0.717) is 6.42 Å². The van der Waals surface area contributed by atoms with E-state index in [9.17, 15) is 20.1 Å². The van der Waals surface area contributed by atoms with Crippen LogP contribution in [0.4, 0.5) is 0 Å². The molecule has 0 aromatic carbocycles. The fourth-order valence-electron chi connectivity index (χ4n) is 4.76. The first-order chi connectivity index (χ1) is 19.5. The van der Waals surface area contributed by atoms with Crippen molar-refractivity contribution in [1.82, 2.24) is 5.32 Å². The van der Waals surface area contributed by atoms with Crippen molar-refractivity contribution in [3.63, 3.8) is 0 Å². The van der Waals surface area contributed by atoms with Gasteiger partial charge >= 0.3 is 0 Å². The maximum absolute atomic E-state index is 12.3. The van der Waals surface area contributed by atoms with Gasteiger partial charge in [0.1, 0.15) is 0 Å². The molecular weight excluding hydrogens is 498 g/mol. The number of carbonyl (C=O) groups is 1. The molecule has 4 N–H and O–H groups in total. The Morgan fingerprint density at radius 1 is 0.625 bits per heavy atom. The summed E-state index contributed by atoms with van der Waals surface area (Å²) in [6, 6.07) is -0.760. The number of carbonyl (C=O) groups excluding carboxylic acids is 1. The van der Waals surface area contributed by atoms with Crippen molar-refractivity contribution in [2.24, 2.45) is 0 Å². The third kappa shape index (κ3) is 26.8. The van der Waals surface area contributed by atoms with E-state index in [0.717, 1.165) is 44.9 Å². The van der Waals surface area contributed by atoms with Gasteiger partial charge in [-0.1, -0.05) is 127 Å². The SMILES string of the molecule is CCCCCC/C=C\CCCCCCCC(O)CC(=O)NC(CO)C(O)/C=C/CC/C=C/CCCCCCCC. The molecule has 0 heterocycles. The predicted octanol–water partition coefficient (Wildman–Crippen LogP) is 8.48. The molecule has 234 valence electrons. The first-order valence-electron chi connectivity index (χ1n) is 16.8. The molecule has 0 aliphatic carbocycles. The molecule has 0 spiro atoms. The molecule has 0 aliphatic heterocycles. The number of unbranched alkanes of at least 4 members (excludes halogenated alkanes) is 16. The molecule has 0 saturated carbocycles. The molecule has 0 aromatic heterocycles. The van der Waals surface area contributed by atoms with Gasteiger partial charge in [0.2, 0.25) is 5.91 Å². The molecule has 5 heteroatoms. The van der Waals surface area contributed by atoms with Crippen LogP contribution in [0.1, 0.15) is 155 Å². The standard InChI is InChI=1S/C35H65NO4/c1-3-5-7-9-11-13-15-17-18-20-22-24-26-28-32(38)30-35(40)36-33(31-37)34(39)29-27-25-23-21-19-16-14-12-10-8-6-4-2/h13,15,19,21,27,29,32-34,37-39H,3-12,14,16-18,20,22-26,28,30-31H2,1-2H3,(H,36,40)/b15-13-,21-19+,29-27+. The van der Waals surface area contributed by atoms with Crippen LogP contribution >= 0.6 is 0 Å². The quantitative estimate of drug-likeness (QED) is 0.0543. The van der Waals surface area contributed by atoms with Gasteiger partial charge in [-0.15, -0.1) is 0 Å². The molecule has 5 nitrogen and oxygen atoms in total. The molecule has 0 rings (SSSR count). The van der Waals surface area contributed by atoms with E-state index in [1.807, 2.05) is 6.08 Å². The highest BCUT2D eigenvalue weighted by atomic mass is 16.3. The summed E-state index contributed by atoms with van der Waals surface area (Å²) in [5, 5.41) is 32.9. The Balaban J connectivity index is 3.85. The number of amides is 1. The first-order valence-corrected chi connectivity index (χ1v) is 16.8. The Kier molecular flexibility index (Phi) is 29.4. The molecule has 0 saturated heterocycles. The lowest BCUT2D eigenvalue weighted by molar-refractivity contribution is -0.124. The summed E-state index contributed by atoms with van der Waals surface area (Å²) in [4.78, 5) is 12.3. The minimum atomic E-state index is -0.950. The molecule has 0 radical (unpaired) electrons. The highest BCUT2D eigenvalue weighted by Gasteiger charge is 2.20. The molecule has 3 unspecified atom stereocenters. The van der Waals surface area contributed by atoms with Gasteiger partial charge in [-0.25, -0.2) is 0 Å². The molecule has 3 atom stereocenters. The zero-order valence-electron chi connectivity index (χ0n) is 26.2. The lowest BCUT2D eigenvalue weighted by Gasteiger charge is -2.20. The summed E-state index contributed by atoms with van der Waals surface area (Å²) in [5.41, 5.74) is 0. The Labute approximate surface area is 247 Å². The number of allylic oxidation sites excluding steroid dienone is 5. The minimum Gasteiger partial charge on any atom is -0.394 e. The van der Waals surface area contributed by atoms with E-state index in [1.165, 1.54) is 83.5 Å². The van der Waals surface area contributed by atoms with Gasteiger partial charge in [-0.2, -0.15) is 0 Å². The average Bonchev–Trinajstić information content (AvgIpc) is 2.94. The maximum atomic E-state index is 12.3. The van der Waals surface area contributed by atoms with Gasteiger partial charge in [0.25, 0.3) is 0 Å². The number of aliphatic hydroxyl groups is 3. The Morgan fingerprint density at radius 2 is 1.07 bits per heavy atom. The predicted molar refractivity (Wildman–Crippen MR) is 171 cm³/mol. The van der Waals surface area contributed by atoms with E-state index in [1.54, 1.807) is 6.08 Å². The average molecular weight is 564 g/mol. The molecular formula is C35H65NO4. The fraction of sp³-hybridized carbons (Fsp3) is 0.800. The van der Waals surface area contributed by atoms with Crippen molar-refractivity contribution >= 4 is 5.91 Å². The van der Waals surface area contributed by atoms with Gasteiger partial charge in [0, 0.05) is 0 Å². The van der Waals surface area contributed by atoms with Crippen LogP contribution < -0.4 is 5.32 Å². The van der Waals surface area contributed by atoms with Gasteiger partial charge in [-0.3, -0.25) is 4.79 Å².